The zero-order chi connectivity index (χ0) is 13.5. The van der Waals surface area contributed by atoms with Crippen molar-refractivity contribution in [2.75, 3.05) is 19.8 Å². The van der Waals surface area contributed by atoms with Crippen LogP contribution in [0.3, 0.4) is 0 Å². The monoisotopic (exact) mass is 276 g/mol. The Hall–Kier alpha value is -1.67. The predicted octanol–water partition coefficient (Wildman–Crippen LogP) is 1.13. The molecule has 8 nitrogen and oxygen atoms in total. The Morgan fingerprint density at radius 1 is 1.67 bits per heavy atom. The zero-order valence-electron chi connectivity index (χ0n) is 9.73. The van der Waals surface area contributed by atoms with Gasteiger partial charge in [0, 0.05) is 19.8 Å². The number of nitro groups is 1. The summed E-state index contributed by atoms with van der Waals surface area (Å²) in [5.41, 5.74) is -0.181. The number of aromatic amines is 1. The second kappa shape index (κ2) is 6.92. The van der Waals surface area contributed by atoms with Crippen LogP contribution in [0.2, 0.25) is 5.02 Å². The standard InChI is InChI=1S/C9H13ClN4O4/c1-2-18-5-3-4-11-9(15)7-6(10)8(13-12-7)14(16)17/h2-5H2,1H3,(H,11,15)(H,12,13). The molecular formula is C9H13ClN4O4. The molecule has 9 heteroatoms. The van der Waals surface area contributed by atoms with Crippen LogP contribution in [-0.4, -0.2) is 40.8 Å². The molecule has 18 heavy (non-hydrogen) atoms. The number of rotatable bonds is 7. The Labute approximate surface area is 108 Å². The fourth-order valence-electron chi connectivity index (χ4n) is 1.19. The Bertz CT molecular complexity index is 434. The molecule has 1 amide bonds. The van der Waals surface area contributed by atoms with E-state index in [-0.39, 0.29) is 10.7 Å². The molecule has 0 unspecified atom stereocenters. The maximum absolute atomic E-state index is 11.6. The van der Waals surface area contributed by atoms with E-state index in [1.54, 1.807) is 0 Å². The zero-order valence-corrected chi connectivity index (χ0v) is 10.5. The molecule has 0 spiro atoms. The molecule has 0 aliphatic rings. The van der Waals surface area contributed by atoms with Gasteiger partial charge >= 0.3 is 5.82 Å². The van der Waals surface area contributed by atoms with E-state index < -0.39 is 16.6 Å². The summed E-state index contributed by atoms with van der Waals surface area (Å²) in [4.78, 5) is 21.3. The van der Waals surface area contributed by atoms with Crippen molar-refractivity contribution in [1.82, 2.24) is 15.5 Å². The SMILES string of the molecule is CCOCCCNC(=O)c1n[nH]c([N+](=O)[O-])c1Cl. The van der Waals surface area contributed by atoms with Crippen molar-refractivity contribution in [2.45, 2.75) is 13.3 Å². The number of carbonyl (C=O) groups is 1. The molecule has 0 saturated carbocycles. The molecule has 1 rings (SSSR count). The van der Waals surface area contributed by atoms with Gasteiger partial charge in [-0.1, -0.05) is 16.7 Å². The van der Waals surface area contributed by atoms with E-state index in [1.165, 1.54) is 0 Å². The van der Waals surface area contributed by atoms with E-state index in [0.29, 0.717) is 26.2 Å². The van der Waals surface area contributed by atoms with Gasteiger partial charge < -0.3 is 20.2 Å². The Morgan fingerprint density at radius 3 is 2.94 bits per heavy atom. The van der Waals surface area contributed by atoms with E-state index in [1.807, 2.05) is 6.92 Å². The summed E-state index contributed by atoms with van der Waals surface area (Å²) in [6, 6.07) is 0. The van der Waals surface area contributed by atoms with Crippen LogP contribution in [0.15, 0.2) is 0 Å². The Kier molecular flexibility index (Phi) is 5.53. The normalized spacial score (nSPS) is 10.3. The summed E-state index contributed by atoms with van der Waals surface area (Å²) in [5, 5.41) is 18.4. The van der Waals surface area contributed by atoms with Gasteiger partial charge in [-0.05, 0) is 18.3 Å². The lowest BCUT2D eigenvalue weighted by molar-refractivity contribution is -0.389. The second-order valence-electron chi connectivity index (χ2n) is 3.30. The van der Waals surface area contributed by atoms with E-state index in [9.17, 15) is 14.9 Å². The molecular weight excluding hydrogens is 264 g/mol. The highest BCUT2D eigenvalue weighted by Gasteiger charge is 2.24. The van der Waals surface area contributed by atoms with Gasteiger partial charge in [0.2, 0.25) is 0 Å². The molecule has 0 aromatic carbocycles. The molecule has 2 N–H and O–H groups in total. The smallest absolute Gasteiger partial charge is 0.362 e. The number of nitrogens with one attached hydrogen (secondary N) is 2. The number of H-pyrrole nitrogens is 1. The van der Waals surface area contributed by atoms with Crippen molar-refractivity contribution in [2.24, 2.45) is 0 Å². The number of nitrogens with zero attached hydrogens (tertiary/aromatic N) is 2. The van der Waals surface area contributed by atoms with Crippen molar-refractivity contribution in [3.63, 3.8) is 0 Å². The first kappa shape index (κ1) is 14.4. The van der Waals surface area contributed by atoms with E-state index in [0.717, 1.165) is 0 Å². The Balaban J connectivity index is 2.49. The summed E-state index contributed by atoms with van der Waals surface area (Å²) in [6.07, 6.45) is 0.643. The van der Waals surface area contributed by atoms with Crippen molar-refractivity contribution in [3.05, 3.63) is 20.8 Å². The van der Waals surface area contributed by atoms with E-state index >= 15 is 0 Å². The first-order valence-electron chi connectivity index (χ1n) is 5.32. The maximum Gasteiger partial charge on any atom is 0.362 e. The second-order valence-corrected chi connectivity index (χ2v) is 3.68. The topological polar surface area (TPSA) is 110 Å². The number of amides is 1. The van der Waals surface area contributed by atoms with Gasteiger partial charge in [-0.25, -0.2) is 0 Å². The van der Waals surface area contributed by atoms with Gasteiger partial charge in [-0.2, -0.15) is 0 Å². The minimum absolute atomic E-state index is 0.181. The largest absolute Gasteiger partial charge is 0.382 e. The van der Waals surface area contributed by atoms with Crippen molar-refractivity contribution >= 4 is 23.3 Å². The minimum Gasteiger partial charge on any atom is -0.382 e. The van der Waals surface area contributed by atoms with Crippen molar-refractivity contribution < 1.29 is 14.5 Å². The van der Waals surface area contributed by atoms with Crippen LogP contribution in [-0.2, 0) is 4.74 Å². The average molecular weight is 277 g/mol. The fourth-order valence-corrected chi connectivity index (χ4v) is 1.43. The van der Waals surface area contributed by atoms with Crippen LogP contribution >= 0.6 is 11.6 Å². The van der Waals surface area contributed by atoms with E-state index in [2.05, 4.69) is 15.5 Å². The molecule has 0 saturated heterocycles. The van der Waals surface area contributed by atoms with Crippen LogP contribution in [0.5, 0.6) is 0 Å². The third kappa shape index (κ3) is 3.67. The van der Waals surface area contributed by atoms with Gasteiger partial charge in [0.05, 0.1) is 0 Å². The van der Waals surface area contributed by atoms with Gasteiger partial charge in [0.1, 0.15) is 0 Å². The highest BCUT2D eigenvalue weighted by molar-refractivity contribution is 6.35. The number of halogens is 1. The lowest BCUT2D eigenvalue weighted by Gasteiger charge is -2.02. The van der Waals surface area contributed by atoms with Gasteiger partial charge in [-0.15, -0.1) is 5.10 Å². The van der Waals surface area contributed by atoms with Crippen LogP contribution in [0.25, 0.3) is 0 Å². The van der Waals surface area contributed by atoms with Gasteiger partial charge in [0.25, 0.3) is 5.91 Å². The summed E-state index contributed by atoms with van der Waals surface area (Å²) in [5.74, 6) is -1.04. The highest BCUT2D eigenvalue weighted by Crippen LogP contribution is 2.24. The first-order chi connectivity index (χ1) is 8.57. The lowest BCUT2D eigenvalue weighted by atomic mass is 10.3. The van der Waals surface area contributed by atoms with Crippen LogP contribution < -0.4 is 5.32 Å². The van der Waals surface area contributed by atoms with Crippen LogP contribution in [0.4, 0.5) is 5.82 Å². The fraction of sp³-hybridized carbons (Fsp3) is 0.556. The molecule has 1 aromatic heterocycles. The first-order valence-corrected chi connectivity index (χ1v) is 5.70. The molecule has 1 aromatic rings. The number of hydrogen-bond donors (Lipinski definition) is 2. The molecule has 0 fully saturated rings. The predicted molar refractivity (Wildman–Crippen MR) is 63.7 cm³/mol. The summed E-state index contributed by atoms with van der Waals surface area (Å²) in [7, 11) is 0. The molecule has 0 aliphatic heterocycles. The molecule has 0 radical (unpaired) electrons. The summed E-state index contributed by atoms with van der Waals surface area (Å²) >= 11 is 5.66. The molecule has 0 bridgehead atoms. The number of aromatic nitrogens is 2. The number of hydrogen-bond acceptors (Lipinski definition) is 5. The average Bonchev–Trinajstić information content (AvgIpc) is 2.70. The third-order valence-corrected chi connectivity index (χ3v) is 2.40. The Morgan fingerprint density at radius 2 is 2.39 bits per heavy atom. The van der Waals surface area contributed by atoms with Crippen LogP contribution in [0, 0.1) is 10.1 Å². The van der Waals surface area contributed by atoms with Crippen LogP contribution in [0.1, 0.15) is 23.8 Å². The lowest BCUT2D eigenvalue weighted by Crippen LogP contribution is -2.25. The van der Waals surface area contributed by atoms with E-state index in [4.69, 9.17) is 16.3 Å². The van der Waals surface area contributed by atoms with Gasteiger partial charge in [-0.3, -0.25) is 4.79 Å². The maximum atomic E-state index is 11.6. The van der Waals surface area contributed by atoms with Gasteiger partial charge in [0.15, 0.2) is 10.7 Å². The minimum atomic E-state index is -0.735. The summed E-state index contributed by atoms with van der Waals surface area (Å²) < 4.78 is 5.09. The molecule has 100 valence electrons. The highest BCUT2D eigenvalue weighted by atomic mass is 35.5. The van der Waals surface area contributed by atoms with Crippen molar-refractivity contribution in [1.29, 1.82) is 0 Å². The quantitative estimate of drug-likeness (QED) is 0.440. The summed E-state index contributed by atoms with van der Waals surface area (Å²) in [6.45, 7) is 3.41. The number of carbonyl (C=O) groups excluding carboxylic acids is 1. The molecule has 1 heterocycles. The third-order valence-electron chi connectivity index (χ3n) is 2.04. The molecule has 0 atom stereocenters. The van der Waals surface area contributed by atoms with Crippen molar-refractivity contribution in [3.8, 4) is 0 Å². The number of ether oxygens (including phenoxy) is 1. The molecule has 0 aliphatic carbocycles.